The standard InChI is InChI=1S/C23H26N2O2S2/c1-16(2)19-11-6-12-20-22(19)24-23(29-20)25(14-17-8-7-13-27-17)21(26)15-28-18-9-4-3-5-10-18/h3-6,9-12,16-17H,7-8,13-15H2,1-2H3. The molecule has 0 saturated carbocycles. The topological polar surface area (TPSA) is 42.4 Å². The highest BCUT2D eigenvalue weighted by atomic mass is 32.2. The summed E-state index contributed by atoms with van der Waals surface area (Å²) in [4.78, 5) is 21.1. The molecule has 1 amide bonds. The van der Waals surface area contributed by atoms with Crippen LogP contribution < -0.4 is 4.90 Å². The van der Waals surface area contributed by atoms with Gasteiger partial charge in [-0.3, -0.25) is 9.69 Å². The summed E-state index contributed by atoms with van der Waals surface area (Å²) in [5.74, 6) is 0.869. The van der Waals surface area contributed by atoms with Gasteiger partial charge < -0.3 is 4.74 Å². The molecule has 1 aromatic heterocycles. The van der Waals surface area contributed by atoms with Crippen molar-refractivity contribution < 1.29 is 9.53 Å². The molecule has 0 radical (unpaired) electrons. The Hall–Kier alpha value is -1.89. The third kappa shape index (κ3) is 4.82. The minimum Gasteiger partial charge on any atom is -0.376 e. The highest BCUT2D eigenvalue weighted by Crippen LogP contribution is 2.34. The van der Waals surface area contributed by atoms with Gasteiger partial charge in [-0.2, -0.15) is 0 Å². The van der Waals surface area contributed by atoms with Crippen LogP contribution in [-0.4, -0.2) is 35.9 Å². The minimum absolute atomic E-state index is 0.0829. The van der Waals surface area contributed by atoms with Crippen LogP contribution in [0.15, 0.2) is 53.4 Å². The van der Waals surface area contributed by atoms with Gasteiger partial charge in [0.1, 0.15) is 0 Å². The number of ether oxygens (including phenoxy) is 1. The largest absolute Gasteiger partial charge is 0.376 e. The SMILES string of the molecule is CC(C)c1cccc2sc(N(CC3CCCO3)C(=O)CSc3ccccc3)nc12. The molecule has 0 bridgehead atoms. The Morgan fingerprint density at radius 1 is 1.24 bits per heavy atom. The normalized spacial score (nSPS) is 16.6. The number of thiazole rings is 1. The van der Waals surface area contributed by atoms with Crippen LogP contribution in [0.2, 0.25) is 0 Å². The second kappa shape index (κ2) is 9.28. The molecule has 1 unspecified atom stereocenters. The number of anilines is 1. The second-order valence-corrected chi connectivity index (χ2v) is 9.64. The molecule has 0 aliphatic carbocycles. The van der Waals surface area contributed by atoms with Gasteiger partial charge in [-0.1, -0.05) is 55.5 Å². The van der Waals surface area contributed by atoms with E-state index >= 15 is 0 Å². The lowest BCUT2D eigenvalue weighted by atomic mass is 10.0. The Bertz CT molecular complexity index is 965. The first kappa shape index (κ1) is 20.4. The molecule has 4 nitrogen and oxygen atoms in total. The zero-order valence-electron chi connectivity index (χ0n) is 16.8. The first-order chi connectivity index (χ1) is 14.1. The minimum atomic E-state index is 0.0829. The van der Waals surface area contributed by atoms with E-state index in [0.29, 0.717) is 18.2 Å². The molecule has 1 fully saturated rings. The number of carbonyl (C=O) groups is 1. The Morgan fingerprint density at radius 2 is 2.07 bits per heavy atom. The van der Waals surface area contributed by atoms with Crippen molar-refractivity contribution in [2.24, 2.45) is 0 Å². The number of amides is 1. The summed E-state index contributed by atoms with van der Waals surface area (Å²) in [6, 6.07) is 16.4. The molecule has 2 aromatic carbocycles. The van der Waals surface area contributed by atoms with E-state index in [1.165, 1.54) is 5.56 Å². The van der Waals surface area contributed by atoms with Crippen LogP contribution in [0.4, 0.5) is 5.13 Å². The van der Waals surface area contributed by atoms with Gasteiger partial charge >= 0.3 is 0 Å². The Labute approximate surface area is 180 Å². The van der Waals surface area contributed by atoms with Crippen LogP contribution in [0.3, 0.4) is 0 Å². The molecule has 0 N–H and O–H groups in total. The summed E-state index contributed by atoms with van der Waals surface area (Å²) in [7, 11) is 0. The van der Waals surface area contributed by atoms with Gasteiger partial charge in [-0.05, 0) is 42.5 Å². The van der Waals surface area contributed by atoms with Gasteiger partial charge in [0.2, 0.25) is 5.91 Å². The van der Waals surface area contributed by atoms with Crippen LogP contribution in [-0.2, 0) is 9.53 Å². The number of para-hydroxylation sites is 1. The zero-order valence-corrected chi connectivity index (χ0v) is 18.5. The first-order valence-electron chi connectivity index (χ1n) is 10.1. The van der Waals surface area contributed by atoms with Crippen LogP contribution >= 0.6 is 23.1 Å². The van der Waals surface area contributed by atoms with Gasteiger partial charge in [0.25, 0.3) is 0 Å². The molecular formula is C23H26N2O2S2. The van der Waals surface area contributed by atoms with Crippen molar-refractivity contribution in [1.29, 1.82) is 0 Å². The molecule has 1 aliphatic heterocycles. The summed E-state index contributed by atoms with van der Waals surface area (Å²) in [6.45, 7) is 5.72. The number of fused-ring (bicyclic) bond motifs is 1. The van der Waals surface area contributed by atoms with E-state index in [0.717, 1.165) is 39.7 Å². The third-order valence-corrected chi connectivity index (χ3v) is 7.15. The molecule has 152 valence electrons. The van der Waals surface area contributed by atoms with E-state index in [-0.39, 0.29) is 12.0 Å². The monoisotopic (exact) mass is 426 g/mol. The second-order valence-electron chi connectivity index (χ2n) is 7.59. The maximum Gasteiger partial charge on any atom is 0.239 e. The molecule has 1 saturated heterocycles. The van der Waals surface area contributed by atoms with Crippen molar-refractivity contribution in [3.63, 3.8) is 0 Å². The number of hydrogen-bond donors (Lipinski definition) is 0. The van der Waals surface area contributed by atoms with Gasteiger partial charge in [0.15, 0.2) is 5.13 Å². The van der Waals surface area contributed by atoms with Gasteiger partial charge in [-0.25, -0.2) is 4.98 Å². The van der Waals surface area contributed by atoms with E-state index in [4.69, 9.17) is 9.72 Å². The molecule has 1 atom stereocenters. The van der Waals surface area contributed by atoms with Crippen molar-refractivity contribution in [3.05, 3.63) is 54.1 Å². The molecule has 4 rings (SSSR count). The molecule has 29 heavy (non-hydrogen) atoms. The summed E-state index contributed by atoms with van der Waals surface area (Å²) < 4.78 is 6.96. The molecule has 1 aliphatic rings. The number of rotatable bonds is 7. The Morgan fingerprint density at radius 3 is 2.79 bits per heavy atom. The lowest BCUT2D eigenvalue weighted by molar-refractivity contribution is -0.116. The first-order valence-corrected chi connectivity index (χ1v) is 11.9. The van der Waals surface area contributed by atoms with Crippen LogP contribution in [0.1, 0.15) is 38.2 Å². The fourth-order valence-corrected chi connectivity index (χ4v) is 5.38. The van der Waals surface area contributed by atoms with E-state index in [1.54, 1.807) is 23.1 Å². The zero-order chi connectivity index (χ0) is 20.2. The Balaban J connectivity index is 1.60. The number of thioether (sulfide) groups is 1. The highest BCUT2D eigenvalue weighted by Gasteiger charge is 2.26. The number of aromatic nitrogens is 1. The number of benzene rings is 2. The van der Waals surface area contributed by atoms with Crippen molar-refractivity contribution in [1.82, 2.24) is 4.98 Å². The summed E-state index contributed by atoms with van der Waals surface area (Å²) >= 11 is 3.17. The smallest absolute Gasteiger partial charge is 0.239 e. The van der Waals surface area contributed by atoms with Crippen LogP contribution in [0.25, 0.3) is 10.2 Å². The predicted molar refractivity (Wildman–Crippen MR) is 122 cm³/mol. The highest BCUT2D eigenvalue weighted by molar-refractivity contribution is 8.00. The van der Waals surface area contributed by atoms with E-state index < -0.39 is 0 Å². The van der Waals surface area contributed by atoms with Crippen molar-refractivity contribution in [2.45, 2.75) is 43.6 Å². The fourth-order valence-electron chi connectivity index (χ4n) is 3.56. The lowest BCUT2D eigenvalue weighted by Crippen LogP contribution is -2.38. The van der Waals surface area contributed by atoms with Crippen molar-refractivity contribution in [2.75, 3.05) is 23.8 Å². The average molecular weight is 427 g/mol. The van der Waals surface area contributed by atoms with Crippen LogP contribution in [0.5, 0.6) is 0 Å². The van der Waals surface area contributed by atoms with Crippen LogP contribution in [0, 0.1) is 0 Å². The fraction of sp³-hybridized carbons (Fsp3) is 0.391. The molecule has 0 spiro atoms. The maximum absolute atomic E-state index is 13.2. The molecular weight excluding hydrogens is 400 g/mol. The van der Waals surface area contributed by atoms with E-state index in [2.05, 4.69) is 32.0 Å². The van der Waals surface area contributed by atoms with E-state index in [9.17, 15) is 4.79 Å². The summed E-state index contributed by atoms with van der Waals surface area (Å²) in [6.07, 6.45) is 2.15. The lowest BCUT2D eigenvalue weighted by Gasteiger charge is -2.23. The number of carbonyl (C=O) groups excluding carboxylic acids is 1. The number of hydrogen-bond acceptors (Lipinski definition) is 5. The maximum atomic E-state index is 13.2. The number of nitrogens with zero attached hydrogens (tertiary/aromatic N) is 2. The third-order valence-electron chi connectivity index (χ3n) is 5.11. The summed E-state index contributed by atoms with van der Waals surface area (Å²) in [5.41, 5.74) is 2.25. The Kier molecular flexibility index (Phi) is 6.53. The van der Waals surface area contributed by atoms with Crippen molar-refractivity contribution in [3.8, 4) is 0 Å². The van der Waals surface area contributed by atoms with Gasteiger partial charge in [0.05, 0.1) is 28.6 Å². The van der Waals surface area contributed by atoms with Gasteiger partial charge in [0, 0.05) is 11.5 Å². The molecule has 6 heteroatoms. The van der Waals surface area contributed by atoms with Crippen molar-refractivity contribution >= 4 is 44.4 Å². The quantitative estimate of drug-likeness (QED) is 0.453. The van der Waals surface area contributed by atoms with E-state index in [1.807, 2.05) is 35.2 Å². The molecule has 3 aromatic rings. The molecule has 2 heterocycles. The average Bonchev–Trinajstić information content (AvgIpc) is 3.40. The van der Waals surface area contributed by atoms with Gasteiger partial charge in [-0.15, -0.1) is 11.8 Å². The predicted octanol–water partition coefficient (Wildman–Crippen LogP) is 5.72. The summed E-state index contributed by atoms with van der Waals surface area (Å²) in [5, 5.41) is 0.780.